The van der Waals surface area contributed by atoms with Gasteiger partial charge in [-0.05, 0) is 31.6 Å². The first-order valence-corrected chi connectivity index (χ1v) is 7.10. The van der Waals surface area contributed by atoms with E-state index in [9.17, 15) is 18.0 Å². The van der Waals surface area contributed by atoms with Crippen LogP contribution < -0.4 is 5.73 Å². The Labute approximate surface area is 128 Å². The molecule has 0 aromatic heterocycles. The van der Waals surface area contributed by atoms with E-state index in [1.165, 1.54) is 4.90 Å². The van der Waals surface area contributed by atoms with Crippen molar-refractivity contribution in [1.82, 2.24) is 4.90 Å². The van der Waals surface area contributed by atoms with Crippen molar-refractivity contribution in [3.63, 3.8) is 0 Å². The molecule has 1 saturated carbocycles. The van der Waals surface area contributed by atoms with Gasteiger partial charge in [-0.1, -0.05) is 0 Å². The van der Waals surface area contributed by atoms with Gasteiger partial charge in [0.15, 0.2) is 0 Å². The fourth-order valence-corrected chi connectivity index (χ4v) is 2.43. The lowest BCUT2D eigenvalue weighted by Gasteiger charge is -2.26. The van der Waals surface area contributed by atoms with Crippen LogP contribution in [0, 0.1) is 5.92 Å². The van der Waals surface area contributed by atoms with Gasteiger partial charge in [0.25, 0.3) is 5.91 Å². The maximum absolute atomic E-state index is 12.3. The largest absolute Gasteiger partial charge is 0.390 e. The summed E-state index contributed by atoms with van der Waals surface area (Å²) < 4.78 is 42.5. The van der Waals surface area contributed by atoms with Gasteiger partial charge < -0.3 is 15.4 Å². The van der Waals surface area contributed by atoms with Gasteiger partial charge >= 0.3 is 6.18 Å². The summed E-state index contributed by atoms with van der Waals surface area (Å²) in [6, 6.07) is 0. The average Bonchev–Trinajstić information content (AvgIpc) is 3.06. The molecule has 1 aliphatic heterocycles. The molecule has 4 nitrogen and oxygen atoms in total. The molecule has 0 radical (unpaired) electrons. The summed E-state index contributed by atoms with van der Waals surface area (Å²) in [4.78, 5) is 13.6. The highest BCUT2D eigenvalue weighted by Crippen LogP contribution is 2.31. The Morgan fingerprint density at radius 2 is 1.90 bits per heavy atom. The molecule has 0 unspecified atom stereocenters. The Kier molecular flexibility index (Phi) is 6.74. The summed E-state index contributed by atoms with van der Waals surface area (Å²) in [6.07, 6.45) is -2.72. The predicted octanol–water partition coefficient (Wildman–Crippen LogP) is 2.11. The van der Waals surface area contributed by atoms with Crippen molar-refractivity contribution in [1.29, 1.82) is 0 Å². The summed E-state index contributed by atoms with van der Waals surface area (Å²) in [5, 5.41) is 0. The first-order chi connectivity index (χ1) is 9.39. The normalized spacial score (nSPS) is 25.5. The zero-order chi connectivity index (χ0) is 14.8. The molecule has 21 heavy (non-hydrogen) atoms. The van der Waals surface area contributed by atoms with Crippen LogP contribution in [0.2, 0.25) is 0 Å². The van der Waals surface area contributed by atoms with E-state index in [2.05, 4.69) is 0 Å². The van der Waals surface area contributed by atoms with Crippen LogP contribution in [0.1, 0.15) is 32.1 Å². The molecule has 2 aliphatic rings. The van der Waals surface area contributed by atoms with E-state index in [-0.39, 0.29) is 31.0 Å². The molecule has 1 saturated heterocycles. The second-order valence-electron chi connectivity index (χ2n) is 5.65. The van der Waals surface area contributed by atoms with Crippen LogP contribution in [-0.2, 0) is 9.53 Å². The molecule has 2 fully saturated rings. The number of carbonyl (C=O) groups excluding carboxylic acids is 1. The van der Waals surface area contributed by atoms with Crippen molar-refractivity contribution in [2.45, 2.75) is 50.5 Å². The molecule has 0 spiro atoms. The number of rotatable bonds is 6. The van der Waals surface area contributed by atoms with Crippen molar-refractivity contribution in [2.75, 3.05) is 19.6 Å². The second-order valence-corrected chi connectivity index (χ2v) is 5.65. The van der Waals surface area contributed by atoms with Crippen LogP contribution in [0.25, 0.3) is 0 Å². The molecular formula is C13H22ClF3N2O2. The zero-order valence-electron chi connectivity index (χ0n) is 11.8. The van der Waals surface area contributed by atoms with Crippen LogP contribution in [0.4, 0.5) is 13.2 Å². The third-order valence-corrected chi connectivity index (χ3v) is 3.80. The summed E-state index contributed by atoms with van der Waals surface area (Å²) in [7, 11) is 0. The molecule has 8 heteroatoms. The summed E-state index contributed by atoms with van der Waals surface area (Å²) in [6.45, 7) is 0.489. The average molecular weight is 331 g/mol. The minimum atomic E-state index is -4.24. The molecule has 1 amide bonds. The van der Waals surface area contributed by atoms with E-state index < -0.39 is 18.7 Å². The molecule has 1 aliphatic carbocycles. The number of amides is 1. The third-order valence-electron chi connectivity index (χ3n) is 3.80. The molecule has 0 aromatic carbocycles. The van der Waals surface area contributed by atoms with Crippen LogP contribution in [0.3, 0.4) is 0 Å². The number of nitrogens with two attached hydrogens (primary N) is 1. The summed E-state index contributed by atoms with van der Waals surface area (Å²) in [5.41, 5.74) is 5.48. The number of nitrogens with zero attached hydrogens (tertiary/aromatic N) is 1. The monoisotopic (exact) mass is 330 g/mol. The van der Waals surface area contributed by atoms with E-state index >= 15 is 0 Å². The van der Waals surface area contributed by atoms with E-state index in [4.69, 9.17) is 10.5 Å². The Bertz CT molecular complexity index is 351. The summed E-state index contributed by atoms with van der Waals surface area (Å²) in [5.74, 6) is 0.0518. The van der Waals surface area contributed by atoms with Crippen molar-refractivity contribution in [3.05, 3.63) is 0 Å². The van der Waals surface area contributed by atoms with Gasteiger partial charge in [-0.3, -0.25) is 4.79 Å². The molecule has 0 aromatic rings. The Hall–Kier alpha value is -0.530. The molecule has 2 atom stereocenters. The molecule has 2 rings (SSSR count). The van der Waals surface area contributed by atoms with Gasteiger partial charge in [0.2, 0.25) is 0 Å². The van der Waals surface area contributed by atoms with Gasteiger partial charge in [-0.25, -0.2) is 0 Å². The Morgan fingerprint density at radius 1 is 1.24 bits per heavy atom. The van der Waals surface area contributed by atoms with E-state index in [0.717, 1.165) is 12.8 Å². The molecule has 2 N–H and O–H groups in total. The number of carbonyl (C=O) groups is 1. The first kappa shape index (κ1) is 18.5. The zero-order valence-corrected chi connectivity index (χ0v) is 12.6. The highest BCUT2D eigenvalue weighted by Gasteiger charge is 2.37. The Morgan fingerprint density at radius 3 is 2.38 bits per heavy atom. The number of alkyl halides is 3. The van der Waals surface area contributed by atoms with Crippen molar-refractivity contribution in [3.8, 4) is 0 Å². The molecule has 124 valence electrons. The summed E-state index contributed by atoms with van der Waals surface area (Å²) >= 11 is 0. The van der Waals surface area contributed by atoms with Gasteiger partial charge in [0.05, 0.1) is 12.5 Å². The van der Waals surface area contributed by atoms with Crippen LogP contribution in [-0.4, -0.2) is 48.8 Å². The predicted molar refractivity (Wildman–Crippen MR) is 74.2 cm³/mol. The van der Waals surface area contributed by atoms with Gasteiger partial charge in [-0.2, -0.15) is 13.2 Å². The second kappa shape index (κ2) is 7.65. The topological polar surface area (TPSA) is 55.6 Å². The van der Waals surface area contributed by atoms with E-state index in [1.807, 2.05) is 0 Å². The van der Waals surface area contributed by atoms with E-state index in [1.54, 1.807) is 0 Å². The molecule has 0 bridgehead atoms. The molecule has 1 heterocycles. The number of hydrogen-bond donors (Lipinski definition) is 1. The van der Waals surface area contributed by atoms with Crippen molar-refractivity contribution in [2.24, 2.45) is 11.7 Å². The van der Waals surface area contributed by atoms with Crippen LogP contribution in [0.15, 0.2) is 0 Å². The third kappa shape index (κ3) is 6.00. The lowest BCUT2D eigenvalue weighted by atomic mass is 10.1. The van der Waals surface area contributed by atoms with Crippen LogP contribution in [0.5, 0.6) is 0 Å². The Balaban J connectivity index is 0.00000220. The smallest absolute Gasteiger partial charge is 0.364 e. The standard InChI is InChI=1S/C13H21F3N2O2.ClH/c14-13(15,16)5-6-18(8-9-1-2-9)12(19)11-4-3-10(7-17)20-11;/h9-11H,1-8,17H2;1H/t10-,11+;/m1./s1. The maximum Gasteiger partial charge on any atom is 0.390 e. The highest BCUT2D eigenvalue weighted by molar-refractivity contribution is 5.85. The van der Waals surface area contributed by atoms with Crippen LogP contribution >= 0.6 is 12.4 Å². The quantitative estimate of drug-likeness (QED) is 0.811. The minimum Gasteiger partial charge on any atom is -0.364 e. The SMILES string of the molecule is Cl.NC[C@H]1CC[C@@H](C(=O)N(CCC(F)(F)F)CC2CC2)O1. The molecular weight excluding hydrogens is 309 g/mol. The number of ether oxygens (including phenoxy) is 1. The fourth-order valence-electron chi connectivity index (χ4n) is 2.43. The highest BCUT2D eigenvalue weighted by atomic mass is 35.5. The first-order valence-electron chi connectivity index (χ1n) is 7.10. The minimum absolute atomic E-state index is 0. The van der Waals surface area contributed by atoms with Crippen molar-refractivity contribution >= 4 is 18.3 Å². The van der Waals surface area contributed by atoms with E-state index in [0.29, 0.717) is 31.8 Å². The maximum atomic E-state index is 12.3. The fraction of sp³-hybridized carbons (Fsp3) is 0.923. The lowest BCUT2D eigenvalue weighted by molar-refractivity contribution is -0.152. The van der Waals surface area contributed by atoms with Crippen molar-refractivity contribution < 1.29 is 22.7 Å². The lowest BCUT2D eigenvalue weighted by Crippen LogP contribution is -2.42. The van der Waals surface area contributed by atoms with Gasteiger partial charge in [-0.15, -0.1) is 12.4 Å². The number of halogens is 4. The van der Waals surface area contributed by atoms with Gasteiger partial charge in [0, 0.05) is 19.6 Å². The number of hydrogen-bond acceptors (Lipinski definition) is 3. The van der Waals surface area contributed by atoms with Gasteiger partial charge in [0.1, 0.15) is 6.10 Å².